The first-order chi connectivity index (χ1) is 55.1. The smallest absolute Gasteiger partial charge is 0.354 e. The van der Waals surface area contributed by atoms with Crippen molar-refractivity contribution in [2.24, 2.45) is 0 Å². The molecule has 15 rings (SSSR count). The van der Waals surface area contributed by atoms with Gasteiger partial charge in [-0.25, -0.2) is 30.9 Å². The summed E-state index contributed by atoms with van der Waals surface area (Å²) < 4.78 is 25.8. The second kappa shape index (κ2) is 65.8. The number of benzene rings is 6. The predicted octanol–water partition coefficient (Wildman–Crippen LogP) is 20.9. The Kier molecular flexibility index (Phi) is 60.8. The van der Waals surface area contributed by atoms with Gasteiger partial charge in [-0.3, -0.25) is 23.2 Å². The number of ketones is 3. The Balaban J connectivity index is 0. The van der Waals surface area contributed by atoms with E-state index < -0.39 is 23.6 Å². The minimum Gasteiger partial charge on any atom is -0.512 e. The quantitative estimate of drug-likeness (QED) is 0.0279. The molecule has 9 aromatic heterocycles. The molecular formula is C93H78F2N8O10Rh6S-6. The van der Waals surface area contributed by atoms with Crippen LogP contribution in [0.25, 0.3) is 77.3 Å². The number of aromatic carboxylic acids is 2. The van der Waals surface area contributed by atoms with Gasteiger partial charge in [0.2, 0.25) is 0 Å². The number of carbonyl (C=O) groups excluding carboxylic acids is 3. The molecule has 6 radical (unpaired) electrons. The molecule has 0 fully saturated rings. The van der Waals surface area contributed by atoms with Gasteiger partial charge in [-0.05, 0) is 142 Å². The van der Waals surface area contributed by atoms with Crippen LogP contribution in [0.4, 0.5) is 8.78 Å². The van der Waals surface area contributed by atoms with Gasteiger partial charge in [-0.1, -0.05) is 108 Å². The summed E-state index contributed by atoms with van der Waals surface area (Å²) in [6.07, 6.45) is 16.9. The molecule has 0 aliphatic carbocycles. The fourth-order valence-electron chi connectivity index (χ4n) is 8.85. The SMILES string of the molecule is CC(=O)C=C(C)O.CC(=O)C=C(C)O.CC(=O)C=C(C)O.Fc1c[c-]c(-c2ccccn2)c(F)c1.O=C(O)c1ccccn1.O=C(O)c1ccccn1.[Rh].[Rh].[Rh].[Rh].[Rh].[Rh].[c-]1cccc2ccc3cccnc3c12.[c-]1ccccc1-c1ccccn1.[c-]1ccccc1-c1ccccn1.[c-]1ccccc1-c1ccccn1.[c-]1ccsc1-c1ccccn1. The fourth-order valence-corrected chi connectivity index (χ4v) is 9.50. The van der Waals surface area contributed by atoms with Crippen LogP contribution in [0.15, 0.2) is 351 Å². The number of allylic oxidation sites excluding steroid dienone is 6. The molecule has 6 aromatic carbocycles. The van der Waals surface area contributed by atoms with E-state index in [1.165, 1.54) is 95.1 Å². The number of nitrogens with zero attached hydrogens (tertiary/aromatic N) is 8. The van der Waals surface area contributed by atoms with Crippen LogP contribution >= 0.6 is 11.3 Å². The van der Waals surface area contributed by atoms with Crippen molar-refractivity contribution in [3.05, 3.63) is 411 Å². The van der Waals surface area contributed by atoms with Crippen molar-refractivity contribution in [1.29, 1.82) is 0 Å². The van der Waals surface area contributed by atoms with E-state index in [1.807, 2.05) is 181 Å². The zero-order valence-corrected chi connectivity index (χ0v) is 75.4. The van der Waals surface area contributed by atoms with Crippen molar-refractivity contribution in [3.63, 3.8) is 0 Å². The molecule has 0 atom stereocenters. The van der Waals surface area contributed by atoms with Crippen molar-refractivity contribution < 1.29 is 175 Å². The van der Waals surface area contributed by atoms with Gasteiger partial charge in [0.25, 0.3) is 0 Å². The Morgan fingerprint density at radius 1 is 0.333 bits per heavy atom. The van der Waals surface area contributed by atoms with Crippen molar-refractivity contribution in [2.45, 2.75) is 41.5 Å². The van der Waals surface area contributed by atoms with Gasteiger partial charge in [0.1, 0.15) is 11.4 Å². The zero-order chi connectivity index (χ0) is 82.5. The van der Waals surface area contributed by atoms with Crippen LogP contribution in [0.5, 0.6) is 0 Å². The first-order valence-corrected chi connectivity index (χ1v) is 35.3. The molecule has 18 nitrogen and oxygen atoms in total. The molecule has 15 aromatic rings. The molecule has 27 heteroatoms. The van der Waals surface area contributed by atoms with Gasteiger partial charge < -0.3 is 55.4 Å². The number of carboxylic acid groups (broad SMARTS) is 2. The van der Waals surface area contributed by atoms with E-state index in [0.717, 1.165) is 67.4 Å². The number of fused-ring (bicyclic) bond motifs is 3. The molecule has 0 amide bonds. The molecule has 5 N–H and O–H groups in total. The van der Waals surface area contributed by atoms with Crippen LogP contribution in [-0.2, 0) is 131 Å². The number of aliphatic hydroxyl groups excluding tert-OH is 3. The van der Waals surface area contributed by atoms with Gasteiger partial charge in [0.05, 0.1) is 17.3 Å². The summed E-state index contributed by atoms with van der Waals surface area (Å²) in [7, 11) is 0. The topological polar surface area (TPSA) is 290 Å². The van der Waals surface area contributed by atoms with Crippen LogP contribution < -0.4 is 0 Å². The van der Waals surface area contributed by atoms with Crippen LogP contribution in [-0.4, -0.2) is 94.7 Å². The Morgan fingerprint density at radius 3 is 0.975 bits per heavy atom. The van der Waals surface area contributed by atoms with Crippen molar-refractivity contribution in [2.75, 3.05) is 0 Å². The van der Waals surface area contributed by atoms with Gasteiger partial charge >= 0.3 is 11.9 Å². The Bertz CT molecular complexity index is 4930. The number of rotatable bonds is 10. The van der Waals surface area contributed by atoms with Crippen molar-refractivity contribution in [1.82, 2.24) is 39.9 Å². The van der Waals surface area contributed by atoms with E-state index in [2.05, 4.69) is 101 Å². The molecule has 0 unspecified atom stereocenters. The van der Waals surface area contributed by atoms with E-state index in [9.17, 15) is 32.8 Å². The van der Waals surface area contributed by atoms with E-state index in [-0.39, 0.29) is 168 Å². The fraction of sp³-hybridized carbons (Fsp3) is 0.0645. The first-order valence-electron chi connectivity index (χ1n) is 34.4. The van der Waals surface area contributed by atoms with Crippen molar-refractivity contribution in [3.8, 4) is 55.6 Å². The Morgan fingerprint density at radius 2 is 0.675 bits per heavy atom. The summed E-state index contributed by atoms with van der Waals surface area (Å²) in [5.41, 5.74) is 8.86. The van der Waals surface area contributed by atoms with Gasteiger partial charge in [-0.15, -0.1) is 160 Å². The Hall–Kier alpha value is -11.1. The van der Waals surface area contributed by atoms with Crippen LogP contribution in [0.1, 0.15) is 62.5 Å². The van der Waals surface area contributed by atoms with Gasteiger partial charge in [0.15, 0.2) is 17.3 Å². The standard InChI is InChI=1S/C13H8N.C11H6F2N.3C11H8N.C9H6NS.2C6H5NO2.3C5H8O2.6Rh/c1-2-6-12-10(4-1)7-8-11-5-3-9-14-13(11)12;12-8-4-5-9(10(13)7-8)11-3-1-2-6-14-11;3*1-2-6-10(7-3-1)11-8-4-5-9-12-11;1-2-6-10-8(4-1)9-5-3-7-11-9;2*8-6(9)5-3-1-2-4-7-5;3*1-4(6)3-5(2)7;;;;;;/h1-5,7-9H;1-4,6-7H;3*1-6,8-9H;1-4,6-7H;2*1-4H,(H,8,9);3*3,6H,1-2H3;;;;;;/q6*-1;;;;;;;;;;;. The summed E-state index contributed by atoms with van der Waals surface area (Å²) in [6.45, 7) is 8.54. The number of carbonyl (C=O) groups is 5. The average molecular weight is 2160 g/mol. The van der Waals surface area contributed by atoms with E-state index in [4.69, 9.17) is 25.5 Å². The second-order valence-corrected chi connectivity index (χ2v) is 23.8. The zero-order valence-electron chi connectivity index (χ0n) is 64.8. The third-order valence-electron chi connectivity index (χ3n) is 13.5. The second-order valence-electron chi connectivity index (χ2n) is 22.8. The molecule has 0 aliphatic heterocycles. The molecular weight excluding hydrogens is 2080 g/mol. The molecule has 0 bridgehead atoms. The number of halogens is 2. The number of thiophene rings is 1. The number of hydrogen-bond acceptors (Lipinski definition) is 17. The minimum absolute atomic E-state index is 0. The molecule has 0 saturated carbocycles. The minimum atomic E-state index is -0.990. The summed E-state index contributed by atoms with van der Waals surface area (Å²) in [6, 6.07) is 97.9. The summed E-state index contributed by atoms with van der Waals surface area (Å²) in [5, 5.41) is 47.2. The van der Waals surface area contributed by atoms with Crippen LogP contribution in [0.2, 0.25) is 0 Å². The maximum atomic E-state index is 13.2. The normalized spacial score (nSPS) is 9.58. The molecule has 0 saturated heterocycles. The van der Waals surface area contributed by atoms with Gasteiger partial charge in [0, 0.05) is 196 Å². The molecule has 120 heavy (non-hydrogen) atoms. The molecule has 9 heterocycles. The maximum Gasteiger partial charge on any atom is 0.354 e. The van der Waals surface area contributed by atoms with E-state index in [1.54, 1.807) is 84.8 Å². The molecule has 0 spiro atoms. The predicted molar refractivity (Wildman–Crippen MR) is 442 cm³/mol. The maximum absolute atomic E-state index is 13.2. The summed E-state index contributed by atoms with van der Waals surface area (Å²) in [5.74, 6) is -3.45. The summed E-state index contributed by atoms with van der Waals surface area (Å²) >= 11 is 1.66. The van der Waals surface area contributed by atoms with Crippen molar-refractivity contribution >= 4 is 62.3 Å². The molecule has 630 valence electrons. The van der Waals surface area contributed by atoms with Crippen LogP contribution in [0.3, 0.4) is 0 Å². The Labute approximate surface area is 777 Å². The third kappa shape index (κ3) is 46.9. The number of aromatic nitrogens is 8. The van der Waals surface area contributed by atoms with Gasteiger partial charge in [-0.2, -0.15) is 12.1 Å². The third-order valence-corrected chi connectivity index (χ3v) is 14.3. The molecule has 0 aliphatic rings. The number of pyridine rings is 8. The number of aliphatic hydroxyl groups is 3. The van der Waals surface area contributed by atoms with Crippen LogP contribution in [0, 0.1) is 48.0 Å². The monoisotopic (exact) mass is 2150 g/mol. The van der Waals surface area contributed by atoms with E-state index >= 15 is 0 Å². The first kappa shape index (κ1) is 111. The number of hydrogen-bond donors (Lipinski definition) is 5. The summed E-state index contributed by atoms with van der Waals surface area (Å²) in [4.78, 5) is 83.8. The van der Waals surface area contributed by atoms with E-state index in [0.29, 0.717) is 5.69 Å². The average Bonchev–Trinajstić information content (AvgIpc) is 0.885. The largest absolute Gasteiger partial charge is 0.512 e. The number of carboxylic acids is 2.